The summed E-state index contributed by atoms with van der Waals surface area (Å²) in [6.07, 6.45) is 3.82. The molecule has 0 saturated heterocycles. The average Bonchev–Trinajstić information content (AvgIpc) is 2.84. The minimum absolute atomic E-state index is 0.269. The van der Waals surface area contributed by atoms with E-state index in [0.29, 0.717) is 0 Å². The minimum atomic E-state index is 0.269. The molecule has 1 atom stereocenters. The molecule has 4 heteroatoms. The topological polar surface area (TPSA) is 42.7 Å². The van der Waals surface area contributed by atoms with Crippen LogP contribution in [-0.2, 0) is 13.6 Å². The van der Waals surface area contributed by atoms with Crippen LogP contribution in [0.25, 0.3) is 10.9 Å². The molecule has 1 aromatic carbocycles. The molecule has 108 valence electrons. The number of hydrogen-bond acceptors (Lipinski definition) is 3. The summed E-state index contributed by atoms with van der Waals surface area (Å²) in [6, 6.07) is 10.6. The molecule has 0 spiro atoms. The lowest BCUT2D eigenvalue weighted by atomic mass is 10.1. The zero-order valence-electron chi connectivity index (χ0n) is 12.7. The van der Waals surface area contributed by atoms with Crippen LogP contribution in [0.3, 0.4) is 0 Å². The SMILES string of the molecule is Cc1c(C(C)NCc2ccnc3ccccc23)cnn1C. The van der Waals surface area contributed by atoms with Crippen molar-refractivity contribution < 1.29 is 0 Å². The first-order chi connectivity index (χ1) is 10.2. The van der Waals surface area contributed by atoms with Crippen LogP contribution in [0, 0.1) is 6.92 Å². The second kappa shape index (κ2) is 5.66. The summed E-state index contributed by atoms with van der Waals surface area (Å²) in [5, 5.41) is 9.10. The highest BCUT2D eigenvalue weighted by molar-refractivity contribution is 5.81. The highest BCUT2D eigenvalue weighted by Gasteiger charge is 2.12. The van der Waals surface area contributed by atoms with Crippen molar-refractivity contribution >= 4 is 10.9 Å². The lowest BCUT2D eigenvalue weighted by molar-refractivity contribution is 0.572. The fourth-order valence-corrected chi connectivity index (χ4v) is 2.62. The van der Waals surface area contributed by atoms with Crippen molar-refractivity contribution in [1.29, 1.82) is 0 Å². The number of nitrogens with zero attached hydrogens (tertiary/aromatic N) is 3. The first kappa shape index (κ1) is 13.8. The van der Waals surface area contributed by atoms with Crippen LogP contribution >= 0.6 is 0 Å². The van der Waals surface area contributed by atoms with E-state index in [1.807, 2.05) is 36.3 Å². The van der Waals surface area contributed by atoms with E-state index in [9.17, 15) is 0 Å². The molecule has 2 aromatic heterocycles. The molecule has 0 bridgehead atoms. The zero-order valence-corrected chi connectivity index (χ0v) is 12.7. The lowest BCUT2D eigenvalue weighted by Gasteiger charge is -2.14. The van der Waals surface area contributed by atoms with E-state index in [1.54, 1.807) is 0 Å². The molecule has 1 unspecified atom stereocenters. The quantitative estimate of drug-likeness (QED) is 0.798. The van der Waals surface area contributed by atoms with E-state index in [2.05, 4.69) is 47.4 Å². The minimum Gasteiger partial charge on any atom is -0.306 e. The average molecular weight is 280 g/mol. The molecule has 0 aliphatic rings. The van der Waals surface area contributed by atoms with Gasteiger partial charge in [-0.15, -0.1) is 0 Å². The van der Waals surface area contributed by atoms with Crippen molar-refractivity contribution in [2.24, 2.45) is 7.05 Å². The van der Waals surface area contributed by atoms with Crippen molar-refractivity contribution in [3.8, 4) is 0 Å². The Hall–Kier alpha value is -2.20. The Bertz CT molecular complexity index is 755. The van der Waals surface area contributed by atoms with Crippen molar-refractivity contribution in [3.63, 3.8) is 0 Å². The number of para-hydroxylation sites is 1. The molecule has 0 aliphatic carbocycles. The second-order valence-electron chi connectivity index (χ2n) is 5.40. The van der Waals surface area contributed by atoms with E-state index in [4.69, 9.17) is 0 Å². The number of aromatic nitrogens is 3. The summed E-state index contributed by atoms with van der Waals surface area (Å²) >= 11 is 0. The highest BCUT2D eigenvalue weighted by Crippen LogP contribution is 2.19. The van der Waals surface area contributed by atoms with Crippen LogP contribution in [-0.4, -0.2) is 14.8 Å². The number of benzene rings is 1. The fourth-order valence-electron chi connectivity index (χ4n) is 2.62. The van der Waals surface area contributed by atoms with E-state index < -0.39 is 0 Å². The summed E-state index contributed by atoms with van der Waals surface area (Å²) in [5.74, 6) is 0. The summed E-state index contributed by atoms with van der Waals surface area (Å²) in [4.78, 5) is 4.40. The monoisotopic (exact) mass is 280 g/mol. The van der Waals surface area contributed by atoms with Gasteiger partial charge in [-0.25, -0.2) is 0 Å². The van der Waals surface area contributed by atoms with Gasteiger partial charge < -0.3 is 5.32 Å². The Balaban J connectivity index is 1.79. The van der Waals surface area contributed by atoms with Gasteiger partial charge in [0.2, 0.25) is 0 Å². The molecule has 2 heterocycles. The summed E-state index contributed by atoms with van der Waals surface area (Å²) < 4.78 is 1.91. The predicted molar refractivity (Wildman–Crippen MR) is 84.9 cm³/mol. The molecule has 0 aliphatic heterocycles. The molecule has 3 aromatic rings. The molecule has 0 radical (unpaired) electrons. The summed E-state index contributed by atoms with van der Waals surface area (Å²) in [6.45, 7) is 5.09. The van der Waals surface area contributed by atoms with Crippen molar-refractivity contribution in [2.75, 3.05) is 0 Å². The number of hydrogen-bond donors (Lipinski definition) is 1. The predicted octanol–water partition coefficient (Wildman–Crippen LogP) is 3.13. The molecule has 1 N–H and O–H groups in total. The van der Waals surface area contributed by atoms with E-state index in [-0.39, 0.29) is 6.04 Å². The zero-order chi connectivity index (χ0) is 14.8. The van der Waals surface area contributed by atoms with Crippen LogP contribution in [0.1, 0.15) is 29.8 Å². The van der Waals surface area contributed by atoms with Gasteiger partial charge in [0.15, 0.2) is 0 Å². The van der Waals surface area contributed by atoms with Crippen molar-refractivity contribution in [3.05, 3.63) is 59.5 Å². The molecule has 0 saturated carbocycles. The maximum Gasteiger partial charge on any atom is 0.0705 e. The third-order valence-corrected chi connectivity index (χ3v) is 4.08. The molecule has 3 rings (SSSR count). The van der Waals surface area contributed by atoms with Gasteiger partial charge >= 0.3 is 0 Å². The van der Waals surface area contributed by atoms with Crippen LogP contribution in [0.2, 0.25) is 0 Å². The van der Waals surface area contributed by atoms with Crippen LogP contribution in [0.15, 0.2) is 42.7 Å². The van der Waals surface area contributed by atoms with E-state index >= 15 is 0 Å². The maximum absolute atomic E-state index is 4.40. The van der Waals surface area contributed by atoms with Gasteiger partial charge in [0.25, 0.3) is 0 Å². The second-order valence-corrected chi connectivity index (χ2v) is 5.40. The third kappa shape index (κ3) is 2.67. The molecular formula is C17H20N4. The summed E-state index contributed by atoms with van der Waals surface area (Å²) in [7, 11) is 1.97. The maximum atomic E-state index is 4.40. The number of nitrogens with one attached hydrogen (secondary N) is 1. The molecular weight excluding hydrogens is 260 g/mol. The number of fused-ring (bicyclic) bond motifs is 1. The Morgan fingerprint density at radius 1 is 1.24 bits per heavy atom. The third-order valence-electron chi connectivity index (χ3n) is 4.08. The van der Waals surface area contributed by atoms with Crippen LogP contribution < -0.4 is 5.32 Å². The van der Waals surface area contributed by atoms with E-state index in [1.165, 1.54) is 22.2 Å². The Morgan fingerprint density at radius 3 is 2.81 bits per heavy atom. The standard InChI is InChI=1S/C17H20N4/c1-12(16-11-20-21(3)13(16)2)19-10-14-8-9-18-17-7-5-4-6-15(14)17/h4-9,11-12,19H,10H2,1-3H3. The largest absolute Gasteiger partial charge is 0.306 e. The first-order valence-corrected chi connectivity index (χ1v) is 7.21. The number of pyridine rings is 1. The van der Waals surface area contributed by atoms with Gasteiger partial charge in [0.1, 0.15) is 0 Å². The van der Waals surface area contributed by atoms with E-state index in [0.717, 1.165) is 12.1 Å². The van der Waals surface area contributed by atoms with Gasteiger partial charge in [0.05, 0.1) is 11.7 Å². The van der Waals surface area contributed by atoms with Gasteiger partial charge in [-0.3, -0.25) is 9.67 Å². The van der Waals surface area contributed by atoms with Crippen molar-refractivity contribution in [2.45, 2.75) is 26.4 Å². The van der Waals surface area contributed by atoms with Crippen LogP contribution in [0.5, 0.6) is 0 Å². The smallest absolute Gasteiger partial charge is 0.0705 e. The Morgan fingerprint density at radius 2 is 2.05 bits per heavy atom. The first-order valence-electron chi connectivity index (χ1n) is 7.21. The van der Waals surface area contributed by atoms with Gasteiger partial charge in [-0.1, -0.05) is 18.2 Å². The fraction of sp³-hybridized carbons (Fsp3) is 0.294. The molecule has 21 heavy (non-hydrogen) atoms. The number of rotatable bonds is 4. The highest BCUT2D eigenvalue weighted by atomic mass is 15.3. The summed E-state index contributed by atoms with van der Waals surface area (Å²) in [5.41, 5.74) is 4.77. The Kier molecular flexibility index (Phi) is 3.71. The lowest BCUT2D eigenvalue weighted by Crippen LogP contribution is -2.18. The van der Waals surface area contributed by atoms with Gasteiger partial charge in [0, 0.05) is 42.5 Å². The molecule has 4 nitrogen and oxygen atoms in total. The van der Waals surface area contributed by atoms with Crippen LogP contribution in [0.4, 0.5) is 0 Å². The van der Waals surface area contributed by atoms with Crippen molar-refractivity contribution in [1.82, 2.24) is 20.1 Å². The number of aryl methyl sites for hydroxylation is 1. The Labute approximate surface area is 124 Å². The molecule has 0 fully saturated rings. The van der Waals surface area contributed by atoms with Gasteiger partial charge in [-0.2, -0.15) is 5.10 Å². The van der Waals surface area contributed by atoms with Gasteiger partial charge in [-0.05, 0) is 31.5 Å². The molecule has 0 amide bonds. The normalized spacial score (nSPS) is 12.7.